The van der Waals surface area contributed by atoms with Crippen molar-refractivity contribution in [2.45, 2.75) is 115 Å². The zero-order valence-corrected chi connectivity index (χ0v) is 27.8. The predicted molar refractivity (Wildman–Crippen MR) is 175 cm³/mol. The van der Waals surface area contributed by atoms with Gasteiger partial charge in [0, 0.05) is 31.4 Å². The number of benzene rings is 1. The van der Waals surface area contributed by atoms with Gasteiger partial charge in [-0.25, -0.2) is 4.79 Å². The van der Waals surface area contributed by atoms with Crippen molar-refractivity contribution in [3.63, 3.8) is 0 Å². The molecular formula is C35H52N2O10. The van der Waals surface area contributed by atoms with E-state index in [2.05, 4.69) is 24.5 Å². The van der Waals surface area contributed by atoms with Crippen LogP contribution in [0.2, 0.25) is 0 Å². The van der Waals surface area contributed by atoms with E-state index < -0.39 is 54.0 Å². The third-order valence-electron chi connectivity index (χ3n) is 8.23. The first-order valence-corrected chi connectivity index (χ1v) is 16.8. The minimum atomic E-state index is -1.27. The Balaban J connectivity index is 1.86. The zero-order chi connectivity index (χ0) is 34.2. The van der Waals surface area contributed by atoms with Crippen molar-refractivity contribution < 1.29 is 48.7 Å². The Morgan fingerprint density at radius 2 is 1.70 bits per heavy atom. The maximum absolute atomic E-state index is 13.5. The number of amides is 2. The van der Waals surface area contributed by atoms with E-state index in [0.717, 1.165) is 44.1 Å². The van der Waals surface area contributed by atoms with Crippen molar-refractivity contribution in [1.29, 1.82) is 0 Å². The van der Waals surface area contributed by atoms with E-state index >= 15 is 0 Å². The van der Waals surface area contributed by atoms with Gasteiger partial charge in [0.2, 0.25) is 11.8 Å². The first kappa shape index (κ1) is 38.2. The van der Waals surface area contributed by atoms with Crippen LogP contribution in [0, 0.1) is 0 Å². The van der Waals surface area contributed by atoms with Crippen molar-refractivity contribution >= 4 is 23.9 Å². The maximum Gasteiger partial charge on any atom is 0.338 e. The lowest BCUT2D eigenvalue weighted by atomic mass is 9.91. The fourth-order valence-electron chi connectivity index (χ4n) is 5.71. The summed E-state index contributed by atoms with van der Waals surface area (Å²) in [6.07, 6.45) is 8.67. The molecule has 2 aliphatic rings. The Morgan fingerprint density at radius 3 is 2.30 bits per heavy atom. The largest absolute Gasteiger partial charge is 0.499 e. The molecule has 5 N–H and O–H groups in total. The highest BCUT2D eigenvalue weighted by molar-refractivity contribution is 5.97. The summed E-state index contributed by atoms with van der Waals surface area (Å²) in [5.74, 6) is -2.72. The number of fused-ring (bicyclic) bond motifs is 1. The van der Waals surface area contributed by atoms with Gasteiger partial charge in [0.25, 0.3) is 0 Å². The SMILES string of the molecule is CCCCCC1(CCCCC)OC2C=C(C(=O)NC(C(=O)NCCO)C(C)O)CC(OC(=O)c3ccc(C=COCCO)cc3)C2O1. The maximum atomic E-state index is 13.5. The zero-order valence-electron chi connectivity index (χ0n) is 27.8. The summed E-state index contributed by atoms with van der Waals surface area (Å²) in [4.78, 5) is 39.6. The molecule has 0 bridgehead atoms. The van der Waals surface area contributed by atoms with Gasteiger partial charge in [-0.2, -0.15) is 0 Å². The summed E-state index contributed by atoms with van der Waals surface area (Å²) in [7, 11) is 0. The third kappa shape index (κ3) is 11.4. The number of rotatable bonds is 20. The average molecular weight is 661 g/mol. The molecule has 2 amide bonds. The van der Waals surface area contributed by atoms with Gasteiger partial charge in [-0.3, -0.25) is 9.59 Å². The fourth-order valence-corrected chi connectivity index (χ4v) is 5.71. The second-order valence-electron chi connectivity index (χ2n) is 12.1. The normalized spacial score (nSPS) is 21.4. The molecule has 1 saturated heterocycles. The summed E-state index contributed by atoms with van der Waals surface area (Å²) >= 11 is 0. The van der Waals surface area contributed by atoms with Gasteiger partial charge in [0.1, 0.15) is 31.0 Å². The molecule has 0 saturated carbocycles. The highest BCUT2D eigenvalue weighted by Crippen LogP contribution is 2.43. The van der Waals surface area contributed by atoms with Gasteiger partial charge in [0.05, 0.1) is 31.1 Å². The summed E-state index contributed by atoms with van der Waals surface area (Å²) in [5.41, 5.74) is 1.34. The van der Waals surface area contributed by atoms with Gasteiger partial charge in [-0.1, -0.05) is 51.7 Å². The van der Waals surface area contributed by atoms with E-state index in [1.807, 2.05) is 0 Å². The Morgan fingerprint density at radius 1 is 1.02 bits per heavy atom. The number of esters is 1. The molecule has 1 aromatic carbocycles. The smallest absolute Gasteiger partial charge is 0.338 e. The molecule has 0 radical (unpaired) electrons. The minimum absolute atomic E-state index is 0.00983. The van der Waals surface area contributed by atoms with Crippen LogP contribution in [0.3, 0.4) is 0 Å². The summed E-state index contributed by atoms with van der Waals surface area (Å²) in [5, 5.41) is 33.2. The number of aliphatic hydroxyl groups is 3. The van der Waals surface area contributed by atoms with Crippen LogP contribution in [0.1, 0.15) is 94.5 Å². The predicted octanol–water partition coefficient (Wildman–Crippen LogP) is 3.14. The lowest BCUT2D eigenvalue weighted by molar-refractivity contribution is -0.190. The van der Waals surface area contributed by atoms with Crippen molar-refractivity contribution in [2.75, 3.05) is 26.4 Å². The second kappa shape index (κ2) is 19.5. The van der Waals surface area contributed by atoms with E-state index in [0.29, 0.717) is 18.4 Å². The van der Waals surface area contributed by atoms with E-state index in [-0.39, 0.29) is 38.4 Å². The first-order valence-electron chi connectivity index (χ1n) is 16.8. The molecule has 1 fully saturated rings. The summed E-state index contributed by atoms with van der Waals surface area (Å²) in [6, 6.07) is 5.46. The van der Waals surface area contributed by atoms with Crippen LogP contribution < -0.4 is 10.6 Å². The molecule has 0 aromatic heterocycles. The Labute approximate surface area is 277 Å². The summed E-state index contributed by atoms with van der Waals surface area (Å²) in [6.45, 7) is 5.41. The number of carbonyl (C=O) groups excluding carboxylic acids is 3. The lowest BCUT2D eigenvalue weighted by Crippen LogP contribution is -2.54. The molecule has 0 spiro atoms. The quantitative estimate of drug-likeness (QED) is 0.0795. The van der Waals surface area contributed by atoms with Crippen molar-refractivity contribution in [3.8, 4) is 0 Å². The molecule has 5 atom stereocenters. The third-order valence-corrected chi connectivity index (χ3v) is 8.23. The van der Waals surface area contributed by atoms with Crippen molar-refractivity contribution in [2.24, 2.45) is 0 Å². The molecule has 1 aromatic rings. The van der Waals surface area contributed by atoms with Crippen LogP contribution in [0.4, 0.5) is 0 Å². The average Bonchev–Trinajstić information content (AvgIpc) is 3.43. The van der Waals surface area contributed by atoms with Crippen LogP contribution in [0.5, 0.6) is 0 Å². The molecule has 1 aliphatic heterocycles. The molecular weight excluding hydrogens is 608 g/mol. The number of hydrogen-bond acceptors (Lipinski definition) is 10. The standard InChI is InChI=1S/C35H52N2O10/c1-4-6-8-15-35(16-9-7-5-2)46-29-23-27(32(41)37-30(24(3)40)33(42)36-17-18-38)22-28(31(29)47-35)45-34(43)26-12-10-25(11-13-26)14-20-44-21-19-39/h10-14,20,23-24,28-31,38-40H,4-9,15-19,21-22H2,1-3H3,(H,36,42)(H,37,41). The molecule has 262 valence electrons. The first-order chi connectivity index (χ1) is 22.7. The van der Waals surface area contributed by atoms with Crippen LogP contribution in [-0.4, -0.2) is 95.7 Å². The number of hydrogen-bond donors (Lipinski definition) is 5. The topological polar surface area (TPSA) is 173 Å². The van der Waals surface area contributed by atoms with Crippen LogP contribution in [0.15, 0.2) is 42.2 Å². The van der Waals surface area contributed by atoms with Gasteiger partial charge in [-0.15, -0.1) is 0 Å². The molecule has 1 heterocycles. The number of aliphatic hydroxyl groups excluding tert-OH is 3. The molecule has 1 aliphatic carbocycles. The van der Waals surface area contributed by atoms with E-state index in [1.54, 1.807) is 36.4 Å². The number of carbonyl (C=O) groups is 3. The molecule has 47 heavy (non-hydrogen) atoms. The van der Waals surface area contributed by atoms with E-state index in [9.17, 15) is 19.5 Å². The van der Waals surface area contributed by atoms with Crippen molar-refractivity contribution in [1.82, 2.24) is 10.6 Å². The number of ether oxygens (including phenoxy) is 4. The Kier molecular flexibility index (Phi) is 15.8. The van der Waals surface area contributed by atoms with Crippen LogP contribution in [0.25, 0.3) is 6.08 Å². The Bertz CT molecular complexity index is 1190. The summed E-state index contributed by atoms with van der Waals surface area (Å²) < 4.78 is 24.4. The number of unbranched alkanes of at least 4 members (excludes halogenated alkanes) is 4. The highest BCUT2D eigenvalue weighted by atomic mass is 16.8. The van der Waals surface area contributed by atoms with Crippen LogP contribution >= 0.6 is 0 Å². The number of nitrogens with one attached hydrogen (secondary N) is 2. The molecule has 12 heteroatoms. The van der Waals surface area contributed by atoms with E-state index in [4.69, 9.17) is 29.2 Å². The monoisotopic (exact) mass is 660 g/mol. The molecule has 12 nitrogen and oxygen atoms in total. The van der Waals surface area contributed by atoms with Crippen LogP contribution in [-0.2, 0) is 28.5 Å². The van der Waals surface area contributed by atoms with E-state index in [1.165, 1.54) is 13.2 Å². The van der Waals surface area contributed by atoms with Gasteiger partial charge in [0.15, 0.2) is 5.79 Å². The minimum Gasteiger partial charge on any atom is -0.499 e. The fraction of sp³-hybridized carbons (Fsp3) is 0.629. The molecule has 3 rings (SSSR count). The molecule has 5 unspecified atom stereocenters. The van der Waals surface area contributed by atoms with Gasteiger partial charge < -0.3 is 44.9 Å². The second-order valence-corrected chi connectivity index (χ2v) is 12.1. The van der Waals surface area contributed by atoms with Gasteiger partial charge in [-0.05, 0) is 49.6 Å². The highest BCUT2D eigenvalue weighted by Gasteiger charge is 2.52. The lowest BCUT2D eigenvalue weighted by Gasteiger charge is -2.31. The van der Waals surface area contributed by atoms with Crippen molar-refractivity contribution in [3.05, 3.63) is 53.3 Å². The van der Waals surface area contributed by atoms with Gasteiger partial charge >= 0.3 is 5.97 Å². The Hall–Kier alpha value is -3.29.